The van der Waals surface area contributed by atoms with E-state index in [1.165, 1.54) is 0 Å². The molecule has 0 atom stereocenters. The molecule has 8 bridgehead atoms. The molecule has 0 saturated heterocycles. The van der Waals surface area contributed by atoms with Crippen LogP contribution in [0.4, 0.5) is 0 Å². The van der Waals surface area contributed by atoms with E-state index in [9.17, 15) is 0 Å². The van der Waals surface area contributed by atoms with Crippen LogP contribution in [0.2, 0.25) is 0 Å². The zero-order valence-corrected chi connectivity index (χ0v) is 24.3. The molecular weight excluding hydrogens is 570 g/mol. The SMILES string of the molecule is c1cc[nH+]cc1.c1ccc2c(c1)-c1nc-2nc2[nH]c(nc3nc(nc4[nH]c(n1)c1ccccc41)-c1ccccc1-3)c1ccccc21. The van der Waals surface area contributed by atoms with Gasteiger partial charge in [0.25, 0.3) is 0 Å². The van der Waals surface area contributed by atoms with Crippen molar-refractivity contribution in [2.75, 3.05) is 0 Å². The molecule has 0 spiro atoms. The molecule has 0 radical (unpaired) electrons. The number of fused-ring (bicyclic) bond motifs is 20. The molecule has 9 nitrogen and oxygen atoms in total. The van der Waals surface area contributed by atoms with Crippen molar-refractivity contribution in [1.82, 2.24) is 39.9 Å². The summed E-state index contributed by atoms with van der Waals surface area (Å²) in [6.07, 6.45) is 3.75. The van der Waals surface area contributed by atoms with Crippen LogP contribution < -0.4 is 4.98 Å². The molecular formula is C37H24N9+. The van der Waals surface area contributed by atoms with Gasteiger partial charge in [-0.15, -0.1) is 0 Å². The molecule has 9 heteroatoms. The lowest BCUT2D eigenvalue weighted by Crippen LogP contribution is -1.93. The predicted octanol–water partition coefficient (Wildman–Crippen LogP) is 7.37. The number of pyridine rings is 1. The summed E-state index contributed by atoms with van der Waals surface area (Å²) in [4.78, 5) is 39.7. The van der Waals surface area contributed by atoms with Gasteiger partial charge in [0.2, 0.25) is 0 Å². The summed E-state index contributed by atoms with van der Waals surface area (Å²) in [5, 5.41) is 3.82. The first kappa shape index (κ1) is 25.8. The second kappa shape index (κ2) is 10.5. The molecule has 0 saturated carbocycles. The highest BCUT2D eigenvalue weighted by Crippen LogP contribution is 2.36. The van der Waals surface area contributed by atoms with Crippen LogP contribution in [0.25, 0.3) is 89.7 Å². The highest BCUT2D eigenvalue weighted by Gasteiger charge is 2.21. The Kier molecular flexibility index (Phi) is 5.92. The van der Waals surface area contributed by atoms with E-state index in [2.05, 4.69) is 15.0 Å². The Morgan fingerprint density at radius 1 is 0.326 bits per heavy atom. The third-order valence-corrected chi connectivity index (χ3v) is 8.07. The van der Waals surface area contributed by atoms with Crippen LogP contribution in [0.15, 0.2) is 128 Å². The molecule has 46 heavy (non-hydrogen) atoms. The standard InChI is InChI=1S/C32H18N8.C5H5N/c1-2-10-18-17(9-1)25-33-26(18)38-28-21-13-5-6-14-22(21)30(35-28)40-32-24-16-8-7-15-23(24)31(36-32)39-29-20-12-4-3-11-19(20)27(34-29)37-25;1-2-4-6-5-3-1/h1-16H,(H2,33,34,35,36,37,38,39,40);1-5H/p+1. The zero-order chi connectivity index (χ0) is 30.5. The number of hydrogen-bond donors (Lipinski definition) is 2. The van der Waals surface area contributed by atoms with Gasteiger partial charge in [-0.1, -0.05) is 103 Å². The van der Waals surface area contributed by atoms with Gasteiger partial charge in [0, 0.05) is 55.9 Å². The highest BCUT2D eigenvalue weighted by molar-refractivity contribution is 6.06. The molecule has 0 aliphatic carbocycles. The molecule has 10 rings (SSSR count). The molecule has 216 valence electrons. The van der Waals surface area contributed by atoms with E-state index in [4.69, 9.17) is 29.9 Å². The Balaban J connectivity index is 0.000000440. The van der Waals surface area contributed by atoms with Crippen molar-refractivity contribution >= 4 is 44.1 Å². The van der Waals surface area contributed by atoms with Gasteiger partial charge >= 0.3 is 0 Å². The van der Waals surface area contributed by atoms with Crippen LogP contribution in [0, 0.1) is 0 Å². The van der Waals surface area contributed by atoms with E-state index in [1.807, 2.05) is 128 Å². The first-order chi connectivity index (χ1) is 22.8. The van der Waals surface area contributed by atoms with Crippen molar-refractivity contribution in [1.29, 1.82) is 0 Å². The lowest BCUT2D eigenvalue weighted by molar-refractivity contribution is -0.377. The lowest BCUT2D eigenvalue weighted by atomic mass is 10.1. The first-order valence-electron chi connectivity index (χ1n) is 14.9. The smallest absolute Gasteiger partial charge is 0.166 e. The minimum Gasteiger partial charge on any atom is -0.324 e. The Morgan fingerprint density at radius 2 is 0.630 bits per heavy atom. The molecule has 0 unspecified atom stereocenters. The molecule has 0 fully saturated rings. The van der Waals surface area contributed by atoms with Crippen LogP contribution in [-0.2, 0) is 0 Å². The average Bonchev–Trinajstić information content (AvgIpc) is 3.85. The van der Waals surface area contributed by atoms with Crippen molar-refractivity contribution in [2.24, 2.45) is 0 Å². The Bertz CT molecular complexity index is 2260. The van der Waals surface area contributed by atoms with E-state index < -0.39 is 0 Å². The third kappa shape index (κ3) is 4.29. The third-order valence-electron chi connectivity index (χ3n) is 8.07. The van der Waals surface area contributed by atoms with Crippen LogP contribution >= 0.6 is 0 Å². The normalized spacial score (nSPS) is 11.5. The number of nitrogens with one attached hydrogen (secondary N) is 3. The van der Waals surface area contributed by atoms with Gasteiger partial charge in [-0.25, -0.2) is 34.9 Å². The van der Waals surface area contributed by atoms with Gasteiger partial charge in [-0.3, -0.25) is 0 Å². The van der Waals surface area contributed by atoms with Crippen molar-refractivity contribution in [2.45, 2.75) is 0 Å². The fourth-order valence-corrected chi connectivity index (χ4v) is 5.93. The Morgan fingerprint density at radius 3 is 0.891 bits per heavy atom. The summed E-state index contributed by atoms with van der Waals surface area (Å²) in [5.74, 6) is 2.39. The maximum absolute atomic E-state index is 5.02. The van der Waals surface area contributed by atoms with Gasteiger partial charge in [-0.2, -0.15) is 0 Å². The molecule has 3 N–H and O–H groups in total. The van der Waals surface area contributed by atoms with Gasteiger partial charge in [-0.05, 0) is 0 Å². The fourth-order valence-electron chi connectivity index (χ4n) is 5.93. The summed E-state index contributed by atoms with van der Waals surface area (Å²) in [6, 6.07) is 38.1. The van der Waals surface area contributed by atoms with Gasteiger partial charge in [0.05, 0.1) is 0 Å². The van der Waals surface area contributed by atoms with E-state index >= 15 is 0 Å². The average molecular weight is 595 g/mol. The summed E-state index contributed by atoms with van der Waals surface area (Å²) < 4.78 is 0. The second-order valence-corrected chi connectivity index (χ2v) is 10.9. The summed E-state index contributed by atoms with van der Waals surface area (Å²) in [7, 11) is 0. The number of benzene rings is 4. The monoisotopic (exact) mass is 594 g/mol. The van der Waals surface area contributed by atoms with E-state index in [0.29, 0.717) is 45.9 Å². The maximum atomic E-state index is 5.02. The fraction of sp³-hybridized carbons (Fsp3) is 0. The van der Waals surface area contributed by atoms with Crippen molar-refractivity contribution in [3.63, 3.8) is 0 Å². The van der Waals surface area contributed by atoms with Gasteiger partial charge < -0.3 is 9.97 Å². The molecule has 2 aliphatic heterocycles. The first-order valence-corrected chi connectivity index (χ1v) is 14.9. The molecule has 0 amide bonds. The molecule has 8 aromatic rings. The Labute approximate surface area is 261 Å². The summed E-state index contributed by atoms with van der Waals surface area (Å²) >= 11 is 0. The zero-order valence-electron chi connectivity index (χ0n) is 24.3. The summed E-state index contributed by atoms with van der Waals surface area (Å²) in [6.45, 7) is 0. The van der Waals surface area contributed by atoms with Gasteiger partial charge in [0.1, 0.15) is 22.6 Å². The van der Waals surface area contributed by atoms with E-state index in [-0.39, 0.29) is 0 Å². The number of rotatable bonds is 0. The minimum absolute atomic E-state index is 0.597. The topological polar surface area (TPSA) is 123 Å². The number of aromatic amines is 3. The highest BCUT2D eigenvalue weighted by atomic mass is 15.1. The Hall–Kier alpha value is -6.61. The van der Waals surface area contributed by atoms with Crippen molar-refractivity contribution in [3.05, 3.63) is 128 Å². The number of H-pyrrole nitrogens is 3. The molecule has 2 aliphatic rings. The lowest BCUT2D eigenvalue weighted by Gasteiger charge is -1.96. The van der Waals surface area contributed by atoms with Crippen LogP contribution in [-0.4, -0.2) is 39.9 Å². The van der Waals surface area contributed by atoms with Crippen LogP contribution in [0.3, 0.4) is 0 Å². The number of aromatic nitrogens is 9. The number of hydrogen-bond acceptors (Lipinski definition) is 6. The maximum Gasteiger partial charge on any atom is 0.166 e. The van der Waals surface area contributed by atoms with E-state index in [1.54, 1.807) is 0 Å². The molecule has 4 aromatic heterocycles. The second-order valence-electron chi connectivity index (χ2n) is 10.9. The van der Waals surface area contributed by atoms with E-state index in [0.717, 1.165) is 43.8 Å². The quantitative estimate of drug-likeness (QED) is 0.189. The summed E-state index contributed by atoms with van der Waals surface area (Å²) in [5.41, 5.74) is 6.45. The largest absolute Gasteiger partial charge is 0.324 e. The predicted molar refractivity (Wildman–Crippen MR) is 179 cm³/mol. The minimum atomic E-state index is 0.597. The van der Waals surface area contributed by atoms with Crippen molar-refractivity contribution in [3.8, 4) is 45.6 Å². The van der Waals surface area contributed by atoms with Crippen molar-refractivity contribution < 1.29 is 4.98 Å². The molecule has 6 heterocycles. The number of nitrogens with zero attached hydrogens (tertiary/aromatic N) is 6. The van der Waals surface area contributed by atoms with Crippen LogP contribution in [0.1, 0.15) is 0 Å². The van der Waals surface area contributed by atoms with Crippen LogP contribution in [0.5, 0.6) is 0 Å². The molecule has 4 aromatic carbocycles. The van der Waals surface area contributed by atoms with Gasteiger partial charge in [0.15, 0.2) is 35.7 Å².